The van der Waals surface area contributed by atoms with Crippen molar-refractivity contribution in [2.24, 2.45) is 0 Å². The second kappa shape index (κ2) is 8.02. The number of carbonyl (C=O) groups excluding carboxylic acids is 1. The van der Waals surface area contributed by atoms with E-state index >= 15 is 0 Å². The topological polar surface area (TPSA) is 41.6 Å². The lowest BCUT2D eigenvalue weighted by Gasteiger charge is -2.25. The van der Waals surface area contributed by atoms with Crippen molar-refractivity contribution in [3.63, 3.8) is 0 Å². The molecule has 1 atom stereocenters. The molecule has 1 aromatic carbocycles. The van der Waals surface area contributed by atoms with Gasteiger partial charge in [-0.05, 0) is 25.5 Å². The van der Waals surface area contributed by atoms with Gasteiger partial charge >= 0.3 is 0 Å². The first-order valence-corrected chi connectivity index (χ1v) is 7.37. The number of amides is 1. The smallest absolute Gasteiger partial charge is 0.224 e. The van der Waals surface area contributed by atoms with E-state index in [4.69, 9.17) is 4.74 Å². The van der Waals surface area contributed by atoms with Gasteiger partial charge in [-0.15, -0.1) is 0 Å². The lowest BCUT2D eigenvalue weighted by molar-refractivity contribution is -0.133. The van der Waals surface area contributed by atoms with Crippen molar-refractivity contribution in [2.75, 3.05) is 26.7 Å². The largest absolute Gasteiger partial charge is 0.376 e. The van der Waals surface area contributed by atoms with Gasteiger partial charge in [-0.1, -0.05) is 30.3 Å². The van der Waals surface area contributed by atoms with Crippen molar-refractivity contribution in [1.82, 2.24) is 10.2 Å². The van der Waals surface area contributed by atoms with E-state index in [0.29, 0.717) is 19.5 Å². The van der Waals surface area contributed by atoms with E-state index < -0.39 is 0 Å². The van der Waals surface area contributed by atoms with Gasteiger partial charge in [0.1, 0.15) is 0 Å². The zero-order valence-electron chi connectivity index (χ0n) is 12.2. The van der Waals surface area contributed by atoms with Crippen molar-refractivity contribution in [3.05, 3.63) is 35.9 Å². The molecule has 1 aliphatic heterocycles. The molecule has 2 rings (SSSR count). The zero-order valence-corrected chi connectivity index (χ0v) is 12.2. The minimum Gasteiger partial charge on any atom is -0.376 e. The van der Waals surface area contributed by atoms with E-state index in [9.17, 15) is 4.79 Å². The van der Waals surface area contributed by atoms with Gasteiger partial charge in [0.15, 0.2) is 0 Å². The number of carbonyl (C=O) groups is 1. The Balaban J connectivity index is 1.96. The Kier molecular flexibility index (Phi) is 6.02. The predicted molar refractivity (Wildman–Crippen MR) is 79.4 cm³/mol. The summed E-state index contributed by atoms with van der Waals surface area (Å²) < 4.78 is 5.67. The molecule has 1 heterocycles. The maximum Gasteiger partial charge on any atom is 0.224 e. The van der Waals surface area contributed by atoms with Crippen LogP contribution in [0.3, 0.4) is 0 Å². The highest BCUT2D eigenvalue weighted by atomic mass is 16.5. The molecule has 1 saturated heterocycles. The fraction of sp³-hybridized carbons (Fsp3) is 0.562. The Morgan fingerprint density at radius 1 is 1.40 bits per heavy atom. The van der Waals surface area contributed by atoms with Gasteiger partial charge in [-0.2, -0.15) is 0 Å². The molecule has 0 saturated carbocycles. The number of benzene rings is 1. The predicted octanol–water partition coefficient (Wildman–Crippen LogP) is 1.80. The number of hydrogen-bond acceptors (Lipinski definition) is 3. The van der Waals surface area contributed by atoms with E-state index in [-0.39, 0.29) is 12.0 Å². The molecule has 0 aromatic heterocycles. The normalized spacial score (nSPS) is 18.1. The number of hydrogen-bond donors (Lipinski definition) is 1. The molecule has 0 bridgehead atoms. The molecule has 1 unspecified atom stereocenters. The van der Waals surface area contributed by atoms with Crippen LogP contribution in [0.1, 0.15) is 24.8 Å². The first kappa shape index (κ1) is 15.0. The Morgan fingerprint density at radius 2 is 2.20 bits per heavy atom. The van der Waals surface area contributed by atoms with Crippen LogP contribution in [0.15, 0.2) is 30.3 Å². The van der Waals surface area contributed by atoms with E-state index in [2.05, 4.69) is 17.4 Å². The summed E-state index contributed by atoms with van der Waals surface area (Å²) in [4.78, 5) is 14.3. The average Bonchev–Trinajstić information content (AvgIpc) is 2.98. The van der Waals surface area contributed by atoms with E-state index in [1.54, 1.807) is 0 Å². The summed E-state index contributed by atoms with van der Waals surface area (Å²) in [6.45, 7) is 2.92. The molecule has 1 aliphatic rings. The van der Waals surface area contributed by atoms with Gasteiger partial charge in [0, 0.05) is 32.7 Å². The third-order valence-electron chi connectivity index (χ3n) is 3.61. The van der Waals surface area contributed by atoms with Crippen LogP contribution in [0, 0.1) is 0 Å². The number of rotatable bonds is 7. The van der Waals surface area contributed by atoms with Crippen molar-refractivity contribution in [1.29, 1.82) is 0 Å². The molecule has 110 valence electrons. The SMILES string of the molecule is CNCCC(=O)N(Cc1ccccc1)CC1CCCO1. The Bertz CT molecular complexity index is 402. The minimum atomic E-state index is 0.193. The first-order valence-electron chi connectivity index (χ1n) is 7.37. The highest BCUT2D eigenvalue weighted by Crippen LogP contribution is 2.15. The maximum absolute atomic E-state index is 12.3. The Hall–Kier alpha value is -1.39. The molecule has 0 aliphatic carbocycles. The van der Waals surface area contributed by atoms with Crippen LogP contribution in [0.4, 0.5) is 0 Å². The highest BCUT2D eigenvalue weighted by molar-refractivity contribution is 5.76. The zero-order chi connectivity index (χ0) is 14.2. The third-order valence-corrected chi connectivity index (χ3v) is 3.61. The van der Waals surface area contributed by atoms with E-state index in [1.807, 2.05) is 30.1 Å². The van der Waals surface area contributed by atoms with E-state index in [0.717, 1.165) is 26.0 Å². The van der Waals surface area contributed by atoms with Crippen molar-refractivity contribution >= 4 is 5.91 Å². The van der Waals surface area contributed by atoms with Crippen molar-refractivity contribution in [3.8, 4) is 0 Å². The molecule has 1 N–H and O–H groups in total. The molecule has 1 aromatic rings. The minimum absolute atomic E-state index is 0.193. The molecular formula is C16H24N2O2. The summed E-state index contributed by atoms with van der Waals surface area (Å²) in [5.74, 6) is 0.193. The maximum atomic E-state index is 12.3. The standard InChI is InChI=1S/C16H24N2O2/c1-17-10-9-16(19)18(13-15-8-5-11-20-15)12-14-6-3-2-4-7-14/h2-4,6-7,15,17H,5,8-13H2,1H3. The molecule has 0 radical (unpaired) electrons. The van der Waals surface area contributed by atoms with Crippen LogP contribution in [0.5, 0.6) is 0 Å². The first-order chi connectivity index (χ1) is 9.79. The van der Waals surface area contributed by atoms with Crippen LogP contribution in [-0.4, -0.2) is 43.7 Å². The fourth-order valence-corrected chi connectivity index (χ4v) is 2.48. The second-order valence-electron chi connectivity index (χ2n) is 5.25. The van der Waals surface area contributed by atoms with Gasteiger partial charge in [-0.3, -0.25) is 4.79 Å². The van der Waals surface area contributed by atoms with Gasteiger partial charge in [0.05, 0.1) is 6.10 Å². The lowest BCUT2D eigenvalue weighted by atomic mass is 10.1. The molecule has 1 amide bonds. The summed E-state index contributed by atoms with van der Waals surface area (Å²) in [6.07, 6.45) is 2.91. The Labute approximate surface area is 121 Å². The Morgan fingerprint density at radius 3 is 2.85 bits per heavy atom. The highest BCUT2D eigenvalue weighted by Gasteiger charge is 2.22. The average molecular weight is 276 g/mol. The lowest BCUT2D eigenvalue weighted by Crippen LogP contribution is -2.38. The number of ether oxygens (including phenoxy) is 1. The van der Waals surface area contributed by atoms with Gasteiger partial charge in [0.2, 0.25) is 5.91 Å². The number of nitrogens with one attached hydrogen (secondary N) is 1. The van der Waals surface area contributed by atoms with Crippen LogP contribution in [-0.2, 0) is 16.1 Å². The van der Waals surface area contributed by atoms with Crippen LogP contribution < -0.4 is 5.32 Å². The van der Waals surface area contributed by atoms with Gasteiger partial charge < -0.3 is 15.0 Å². The van der Waals surface area contributed by atoms with Gasteiger partial charge in [0.25, 0.3) is 0 Å². The summed E-state index contributed by atoms with van der Waals surface area (Å²) >= 11 is 0. The monoisotopic (exact) mass is 276 g/mol. The number of nitrogens with zero attached hydrogens (tertiary/aromatic N) is 1. The van der Waals surface area contributed by atoms with Crippen LogP contribution in [0.25, 0.3) is 0 Å². The molecule has 4 heteroatoms. The molecule has 4 nitrogen and oxygen atoms in total. The fourth-order valence-electron chi connectivity index (χ4n) is 2.48. The summed E-state index contributed by atoms with van der Waals surface area (Å²) in [5, 5.41) is 3.03. The van der Waals surface area contributed by atoms with E-state index in [1.165, 1.54) is 5.56 Å². The molecule has 20 heavy (non-hydrogen) atoms. The quantitative estimate of drug-likeness (QED) is 0.826. The van der Waals surface area contributed by atoms with Crippen LogP contribution >= 0.6 is 0 Å². The summed E-state index contributed by atoms with van der Waals surface area (Å²) in [5.41, 5.74) is 1.17. The third kappa shape index (κ3) is 4.62. The van der Waals surface area contributed by atoms with Gasteiger partial charge in [-0.25, -0.2) is 0 Å². The molecule has 0 spiro atoms. The summed E-state index contributed by atoms with van der Waals surface area (Å²) in [6, 6.07) is 10.1. The molecule has 1 fully saturated rings. The summed E-state index contributed by atoms with van der Waals surface area (Å²) in [7, 11) is 1.87. The molecular weight excluding hydrogens is 252 g/mol. The second-order valence-corrected chi connectivity index (χ2v) is 5.25. The van der Waals surface area contributed by atoms with Crippen molar-refractivity contribution < 1.29 is 9.53 Å². The van der Waals surface area contributed by atoms with Crippen LogP contribution in [0.2, 0.25) is 0 Å². The van der Waals surface area contributed by atoms with Crippen molar-refractivity contribution in [2.45, 2.75) is 31.9 Å².